The number of hydrogen-bond acceptors (Lipinski definition) is 11. The number of amides is 1. The van der Waals surface area contributed by atoms with Gasteiger partial charge in [-0.1, -0.05) is 79.7 Å². The van der Waals surface area contributed by atoms with E-state index in [1.165, 1.54) is 6.33 Å². The van der Waals surface area contributed by atoms with Crippen molar-refractivity contribution in [1.29, 1.82) is 0 Å². The predicted octanol–water partition coefficient (Wildman–Crippen LogP) is 9.04. The first-order valence-electron chi connectivity index (χ1n) is 19.9. The minimum Gasteiger partial charge on any atom is -0.448 e. The minimum absolute atomic E-state index is 0.00433. The van der Waals surface area contributed by atoms with Gasteiger partial charge in [0.15, 0.2) is 43.5 Å². The largest absolute Gasteiger partial charge is 0.448 e. The smallest absolute Gasteiger partial charge is 0.412 e. The molecule has 1 saturated heterocycles. The lowest BCUT2D eigenvalue weighted by Gasteiger charge is -2.45. The Labute approximate surface area is 341 Å². The number of rotatable bonds is 16. The molecule has 1 amide bonds. The van der Waals surface area contributed by atoms with E-state index in [4.69, 9.17) is 18.3 Å². The van der Waals surface area contributed by atoms with Crippen molar-refractivity contribution in [1.82, 2.24) is 19.5 Å². The molecule has 0 radical (unpaired) electrons. The zero-order chi connectivity index (χ0) is 42.3. The van der Waals surface area contributed by atoms with E-state index in [9.17, 15) is 13.2 Å². The molecule has 4 aromatic rings. The molecule has 16 heteroatoms. The van der Waals surface area contributed by atoms with E-state index < -0.39 is 44.5 Å². The van der Waals surface area contributed by atoms with Gasteiger partial charge in [0.2, 0.25) is 0 Å². The van der Waals surface area contributed by atoms with Crippen molar-refractivity contribution >= 4 is 66.0 Å². The maximum atomic E-state index is 13.4. The van der Waals surface area contributed by atoms with Crippen LogP contribution in [0.15, 0.2) is 53.9 Å². The number of aromatic nitrogens is 4. The number of sulfone groups is 1. The lowest BCUT2D eigenvalue weighted by atomic mass is 9.99. The van der Waals surface area contributed by atoms with Crippen LogP contribution in [0.3, 0.4) is 0 Å². The van der Waals surface area contributed by atoms with Crippen LogP contribution < -0.4 is 10.2 Å². The van der Waals surface area contributed by atoms with Gasteiger partial charge in [-0.15, -0.1) is 0 Å². The van der Waals surface area contributed by atoms with Crippen molar-refractivity contribution in [2.75, 3.05) is 43.3 Å². The Morgan fingerprint density at radius 2 is 1.58 bits per heavy atom. The third-order valence-corrected chi connectivity index (χ3v) is 24.2. The highest BCUT2D eigenvalue weighted by molar-refractivity contribution is 7.91. The number of benzene rings is 2. The summed E-state index contributed by atoms with van der Waals surface area (Å²) >= 11 is 0. The van der Waals surface area contributed by atoms with Gasteiger partial charge in [-0.05, 0) is 60.2 Å². The molecule has 0 spiro atoms. The van der Waals surface area contributed by atoms with Gasteiger partial charge in [0, 0.05) is 37.0 Å². The molecule has 3 heterocycles. The van der Waals surface area contributed by atoms with E-state index >= 15 is 0 Å². The van der Waals surface area contributed by atoms with Gasteiger partial charge in [-0.25, -0.2) is 28.2 Å². The number of ether oxygens (including phenoxy) is 2. The highest BCUT2D eigenvalue weighted by atomic mass is 32.2. The van der Waals surface area contributed by atoms with Crippen LogP contribution in [0.25, 0.3) is 21.9 Å². The maximum absolute atomic E-state index is 13.4. The highest BCUT2D eigenvalue weighted by Gasteiger charge is 2.50. The Morgan fingerprint density at radius 1 is 0.947 bits per heavy atom. The maximum Gasteiger partial charge on any atom is 0.412 e. The fourth-order valence-corrected chi connectivity index (χ4v) is 13.5. The predicted molar refractivity (Wildman–Crippen MR) is 233 cm³/mol. The number of imidazole rings is 1. The van der Waals surface area contributed by atoms with Crippen LogP contribution in [0.5, 0.6) is 0 Å². The molecule has 13 nitrogen and oxygen atoms in total. The summed E-state index contributed by atoms with van der Waals surface area (Å²) in [6, 6.07) is 10.7. The summed E-state index contributed by atoms with van der Waals surface area (Å²) in [6.45, 7) is 27.4. The molecule has 2 aromatic heterocycles. The van der Waals surface area contributed by atoms with E-state index in [1.807, 2.05) is 41.8 Å². The van der Waals surface area contributed by atoms with Gasteiger partial charge in [-0.3, -0.25) is 9.88 Å². The van der Waals surface area contributed by atoms with Crippen LogP contribution in [-0.2, 0) is 28.2 Å². The average Bonchev–Trinajstić information content (AvgIpc) is 3.74. The van der Waals surface area contributed by atoms with Gasteiger partial charge in [-0.2, -0.15) is 0 Å². The number of anilines is 2. The minimum atomic E-state index is -3.79. The fourth-order valence-electron chi connectivity index (χ4n) is 7.11. The van der Waals surface area contributed by atoms with E-state index in [2.05, 4.69) is 102 Å². The molecule has 0 aliphatic carbocycles. The van der Waals surface area contributed by atoms with Crippen LogP contribution in [0.2, 0.25) is 36.3 Å². The van der Waals surface area contributed by atoms with Crippen LogP contribution in [0.1, 0.15) is 68.0 Å². The Bertz CT molecular complexity index is 2170. The van der Waals surface area contributed by atoms with Crippen molar-refractivity contribution in [3.8, 4) is 0 Å². The molecule has 5 rings (SSSR count). The average molecular weight is 841 g/mol. The molecule has 1 fully saturated rings. The number of hydrogen-bond donors (Lipinski definition) is 1. The second-order valence-electron chi connectivity index (χ2n) is 18.3. The summed E-state index contributed by atoms with van der Waals surface area (Å²) in [7, 11) is -4.40. The summed E-state index contributed by atoms with van der Waals surface area (Å²) in [6.07, 6.45) is 1.71. The Morgan fingerprint density at radius 3 is 2.23 bits per heavy atom. The van der Waals surface area contributed by atoms with Gasteiger partial charge in [0.25, 0.3) is 0 Å². The lowest BCUT2D eigenvalue weighted by Crippen LogP contribution is -2.51. The Hall–Kier alpha value is -3.42. The van der Waals surface area contributed by atoms with E-state index in [0.717, 1.165) is 11.1 Å². The van der Waals surface area contributed by atoms with Crippen molar-refractivity contribution in [2.45, 2.75) is 121 Å². The topological polar surface area (TPSA) is 147 Å². The molecule has 3 atom stereocenters. The summed E-state index contributed by atoms with van der Waals surface area (Å²) in [4.78, 5) is 28.5. The molecule has 2 aromatic carbocycles. The molecule has 0 unspecified atom stereocenters. The lowest BCUT2D eigenvalue weighted by molar-refractivity contribution is -0.0390. The molecule has 57 heavy (non-hydrogen) atoms. The molecule has 1 N–H and O–H groups in total. The van der Waals surface area contributed by atoms with E-state index in [0.29, 0.717) is 41.4 Å². The van der Waals surface area contributed by atoms with Gasteiger partial charge >= 0.3 is 6.09 Å². The van der Waals surface area contributed by atoms with Crippen LogP contribution in [-0.4, -0.2) is 95.9 Å². The van der Waals surface area contributed by atoms with Crippen molar-refractivity contribution in [2.24, 2.45) is 11.8 Å². The zero-order valence-electron chi connectivity index (χ0n) is 36.3. The summed E-state index contributed by atoms with van der Waals surface area (Å²) in [5.74, 6) is 0.634. The number of carbonyl (C=O) groups excluding carboxylic acids is 1. The molecular weight excluding hydrogens is 777 g/mol. The standard InChI is InChI=1S/C41H64N6O7SSi2/c1-27(2)40(5,6)56(11,12)52-24-33-32(54-57(13,14)41(7,8)28(3)4)23-35(53-33)47-26-44-36-37(42-25-43-38(36)47)45-39(48)51-21-22-55(49,50)34-20-16-17-29-30(34)18-15-19-31(29)46(9)10/h15-20,25-28,32-33,35H,21-24H2,1-14H3,(H,42,43,45,48)/t32-,33+,35+/m0/s1. The monoisotopic (exact) mass is 840 g/mol. The van der Waals surface area contributed by atoms with Crippen molar-refractivity contribution in [3.63, 3.8) is 0 Å². The summed E-state index contributed by atoms with van der Waals surface area (Å²) in [5.41, 5.74) is 1.72. The molecule has 1 aliphatic heterocycles. The zero-order valence-corrected chi connectivity index (χ0v) is 39.2. The first-order chi connectivity index (χ1) is 26.4. The molecule has 314 valence electrons. The number of nitrogens with one attached hydrogen (secondary N) is 1. The number of fused-ring (bicyclic) bond motifs is 2. The quantitative estimate of drug-likeness (QED) is 0.108. The SMILES string of the molecule is CC(C)C(C)(C)[Si](C)(C)OC[C@H]1O[C@@H](n2cnc3c(NC(=O)OCCS(=O)(=O)c4cccc5c(N(C)C)cccc45)ncnc32)C[C@@H]1O[Si](C)(C)C(C)(C)C(C)C. The molecule has 0 saturated carbocycles. The van der Waals surface area contributed by atoms with Crippen LogP contribution >= 0.6 is 0 Å². The second kappa shape index (κ2) is 16.7. The van der Waals surface area contributed by atoms with E-state index in [1.54, 1.807) is 24.5 Å². The Balaban J connectivity index is 1.31. The fraction of sp³-hybridized carbons (Fsp3) is 0.610. The third-order valence-electron chi connectivity index (χ3n) is 13.4. The molecular formula is C41H64N6O7SSi2. The van der Waals surface area contributed by atoms with Crippen molar-refractivity contribution < 1.29 is 31.5 Å². The highest BCUT2D eigenvalue weighted by Crippen LogP contribution is 2.48. The third kappa shape index (κ3) is 9.10. The summed E-state index contributed by atoms with van der Waals surface area (Å²) in [5, 5.41) is 4.11. The van der Waals surface area contributed by atoms with Gasteiger partial charge in [0.05, 0.1) is 29.7 Å². The first kappa shape index (κ1) is 44.7. The van der Waals surface area contributed by atoms with Crippen LogP contribution in [0.4, 0.5) is 16.3 Å². The van der Waals surface area contributed by atoms with Crippen molar-refractivity contribution in [3.05, 3.63) is 49.1 Å². The van der Waals surface area contributed by atoms with E-state index in [-0.39, 0.29) is 39.6 Å². The van der Waals surface area contributed by atoms with Gasteiger partial charge in [0.1, 0.15) is 25.3 Å². The molecule has 0 bridgehead atoms. The number of carbonyl (C=O) groups is 1. The Kier molecular flexibility index (Phi) is 13.1. The first-order valence-corrected chi connectivity index (χ1v) is 27.4. The molecule has 1 aliphatic rings. The van der Waals surface area contributed by atoms with Crippen LogP contribution in [0, 0.1) is 11.8 Å². The number of nitrogens with zero attached hydrogens (tertiary/aromatic N) is 5. The summed E-state index contributed by atoms with van der Waals surface area (Å²) < 4.78 is 54.9. The normalized spacial score (nSPS) is 18.6. The second-order valence-corrected chi connectivity index (χ2v) is 29.5. The van der Waals surface area contributed by atoms with Gasteiger partial charge < -0.3 is 23.2 Å².